The number of rotatable bonds is 10. The fourth-order valence-electron chi connectivity index (χ4n) is 3.64. The number of amides is 1. The molecule has 1 aromatic carbocycles. The summed E-state index contributed by atoms with van der Waals surface area (Å²) in [4.78, 5) is 36.8. The predicted octanol–water partition coefficient (Wildman–Crippen LogP) is 2.47. The molecule has 11 nitrogen and oxygen atoms in total. The van der Waals surface area contributed by atoms with Crippen molar-refractivity contribution in [3.63, 3.8) is 0 Å². The Morgan fingerprint density at radius 3 is 2.44 bits per heavy atom. The molecule has 2 aromatic heterocycles. The summed E-state index contributed by atoms with van der Waals surface area (Å²) >= 11 is 0. The molecule has 3 rings (SSSR count). The topological polar surface area (TPSA) is 145 Å². The van der Waals surface area contributed by atoms with Crippen molar-refractivity contribution < 1.29 is 13.2 Å². The number of imidazole rings is 1. The monoisotopic (exact) mass is 489 g/mol. The van der Waals surface area contributed by atoms with Gasteiger partial charge in [0.1, 0.15) is 5.52 Å². The summed E-state index contributed by atoms with van der Waals surface area (Å²) in [6.45, 7) is 6.60. The number of unbranched alkanes of at least 4 members (excludes halogenated alkanes) is 1. The molecule has 1 amide bonds. The zero-order chi connectivity index (χ0) is 24.9. The molecule has 0 saturated carbocycles. The molecule has 0 spiro atoms. The molecule has 2 heterocycles. The van der Waals surface area contributed by atoms with Crippen LogP contribution in [-0.2, 0) is 16.6 Å². The highest BCUT2D eigenvalue weighted by Gasteiger charge is 2.27. The third-order valence-corrected chi connectivity index (χ3v) is 6.76. The molecular weight excluding hydrogens is 458 g/mol. The molecule has 3 N–H and O–H groups in total. The minimum absolute atomic E-state index is 0.0549. The number of nitrogens with one attached hydrogen (secondary N) is 1. The van der Waals surface area contributed by atoms with Crippen molar-refractivity contribution in [1.29, 1.82) is 0 Å². The van der Waals surface area contributed by atoms with Gasteiger partial charge in [0.05, 0.1) is 12.3 Å². The van der Waals surface area contributed by atoms with Gasteiger partial charge in [-0.25, -0.2) is 22.6 Å². The molecule has 0 unspecified atom stereocenters. The van der Waals surface area contributed by atoms with E-state index in [9.17, 15) is 18.0 Å². The summed E-state index contributed by atoms with van der Waals surface area (Å²) in [7, 11) is -3.69. The number of carbonyl (C=O) groups is 1. The van der Waals surface area contributed by atoms with E-state index in [1.54, 1.807) is 11.8 Å². The minimum Gasteiger partial charge on any atom is -0.382 e. The summed E-state index contributed by atoms with van der Waals surface area (Å²) in [5.41, 5.74) is 6.50. The van der Waals surface area contributed by atoms with Crippen LogP contribution in [0.4, 0.5) is 16.6 Å². The molecule has 3 aromatic rings. The molecule has 0 aliphatic heterocycles. The summed E-state index contributed by atoms with van der Waals surface area (Å²) in [5, 5.41) is 0. The number of aromatic nitrogens is 4. The molecule has 0 aliphatic rings. The molecule has 12 heteroatoms. The summed E-state index contributed by atoms with van der Waals surface area (Å²) < 4.78 is 29.1. The van der Waals surface area contributed by atoms with E-state index in [-0.39, 0.29) is 35.2 Å². The fraction of sp³-hybridized carbons (Fsp3) is 0.455. The maximum absolute atomic E-state index is 13.5. The quantitative estimate of drug-likeness (QED) is 0.445. The second kappa shape index (κ2) is 10.7. The standard InChI is InChI=1S/C22H31N7O4S/c1-4-7-13-27(6-3)21(30)29-17-18(23)24-20(26-34(32,33)14-5-2)25-19(17)28(22(29)31)15-16-11-9-8-10-12-16/h8-12H,4-7,13-15H2,1-3H3,(H3,23,24,25,26). The van der Waals surface area contributed by atoms with Crippen LogP contribution < -0.4 is 16.1 Å². The van der Waals surface area contributed by atoms with Gasteiger partial charge in [-0.3, -0.25) is 9.29 Å². The lowest BCUT2D eigenvalue weighted by molar-refractivity contribution is 0.201. The molecule has 0 aliphatic carbocycles. The van der Waals surface area contributed by atoms with Crippen molar-refractivity contribution in [3.8, 4) is 0 Å². The van der Waals surface area contributed by atoms with Gasteiger partial charge in [-0.05, 0) is 25.3 Å². The Hall–Kier alpha value is -3.41. The zero-order valence-corrected chi connectivity index (χ0v) is 20.5. The fourth-order valence-corrected chi connectivity index (χ4v) is 4.65. The van der Waals surface area contributed by atoms with Crippen LogP contribution in [0.3, 0.4) is 0 Å². The first-order chi connectivity index (χ1) is 16.2. The highest BCUT2D eigenvalue weighted by molar-refractivity contribution is 7.92. The number of fused-ring (bicyclic) bond motifs is 1. The Kier molecular flexibility index (Phi) is 7.92. The van der Waals surface area contributed by atoms with Gasteiger partial charge in [0.2, 0.25) is 16.0 Å². The first-order valence-corrected chi connectivity index (χ1v) is 13.0. The van der Waals surface area contributed by atoms with Gasteiger partial charge in [-0.15, -0.1) is 0 Å². The number of benzene rings is 1. The smallest absolute Gasteiger partial charge is 0.339 e. The number of nitrogen functional groups attached to an aromatic ring is 1. The Morgan fingerprint density at radius 2 is 1.82 bits per heavy atom. The molecule has 0 fully saturated rings. The van der Waals surface area contributed by atoms with Gasteiger partial charge in [-0.1, -0.05) is 50.6 Å². The number of nitrogens with two attached hydrogens (primary N) is 1. The van der Waals surface area contributed by atoms with Gasteiger partial charge in [0.15, 0.2) is 11.5 Å². The van der Waals surface area contributed by atoms with Crippen LogP contribution in [0.1, 0.15) is 45.6 Å². The number of anilines is 2. The normalized spacial score (nSPS) is 11.6. The maximum Gasteiger partial charge on any atom is 0.339 e. The van der Waals surface area contributed by atoms with Crippen LogP contribution in [0.25, 0.3) is 11.2 Å². The average molecular weight is 490 g/mol. The largest absolute Gasteiger partial charge is 0.382 e. The first-order valence-electron chi connectivity index (χ1n) is 11.3. The van der Waals surface area contributed by atoms with E-state index in [1.807, 2.05) is 44.2 Å². The van der Waals surface area contributed by atoms with Gasteiger partial charge >= 0.3 is 11.7 Å². The molecular formula is C22H31N7O4S. The van der Waals surface area contributed by atoms with Crippen molar-refractivity contribution in [2.75, 3.05) is 29.3 Å². The Bertz CT molecular complexity index is 1320. The van der Waals surface area contributed by atoms with Crippen LogP contribution in [0.2, 0.25) is 0 Å². The average Bonchev–Trinajstić information content (AvgIpc) is 3.06. The van der Waals surface area contributed by atoms with E-state index in [0.717, 1.165) is 23.0 Å². The SMILES string of the molecule is CCCCN(CC)C(=O)n1c(=O)n(Cc2ccccc2)c2nc(NS(=O)(=O)CCC)nc(N)c21. The highest BCUT2D eigenvalue weighted by Crippen LogP contribution is 2.21. The maximum atomic E-state index is 13.5. The van der Waals surface area contributed by atoms with Gasteiger partial charge in [0.25, 0.3) is 0 Å². The molecule has 0 radical (unpaired) electrons. The number of nitrogens with zero attached hydrogens (tertiary/aromatic N) is 5. The second-order valence-electron chi connectivity index (χ2n) is 7.93. The first kappa shape index (κ1) is 25.2. The molecule has 0 atom stereocenters. The van der Waals surface area contributed by atoms with Crippen molar-refractivity contribution in [2.24, 2.45) is 0 Å². The van der Waals surface area contributed by atoms with Crippen molar-refractivity contribution in [3.05, 3.63) is 46.4 Å². The van der Waals surface area contributed by atoms with E-state index in [4.69, 9.17) is 5.73 Å². The summed E-state index contributed by atoms with van der Waals surface area (Å²) in [6, 6.07) is 8.68. The summed E-state index contributed by atoms with van der Waals surface area (Å²) in [5.74, 6) is -0.528. The predicted molar refractivity (Wildman–Crippen MR) is 132 cm³/mol. The Balaban J connectivity index is 2.21. The highest BCUT2D eigenvalue weighted by atomic mass is 32.2. The number of hydrogen-bond acceptors (Lipinski definition) is 7. The molecule has 0 saturated heterocycles. The van der Waals surface area contributed by atoms with Gasteiger partial charge in [-0.2, -0.15) is 9.97 Å². The molecule has 0 bridgehead atoms. The molecule has 34 heavy (non-hydrogen) atoms. The second-order valence-corrected chi connectivity index (χ2v) is 9.77. The minimum atomic E-state index is -3.69. The lowest BCUT2D eigenvalue weighted by atomic mass is 10.2. The third-order valence-electron chi connectivity index (χ3n) is 5.32. The van der Waals surface area contributed by atoms with Crippen molar-refractivity contribution in [1.82, 2.24) is 24.0 Å². The Labute approximate surface area is 198 Å². The Morgan fingerprint density at radius 1 is 1.12 bits per heavy atom. The van der Waals surface area contributed by atoms with Crippen LogP contribution in [0.15, 0.2) is 35.1 Å². The van der Waals surface area contributed by atoms with E-state index in [2.05, 4.69) is 14.7 Å². The van der Waals surface area contributed by atoms with Gasteiger partial charge < -0.3 is 10.6 Å². The van der Waals surface area contributed by atoms with Gasteiger partial charge in [0, 0.05) is 13.1 Å². The van der Waals surface area contributed by atoms with Crippen LogP contribution in [-0.4, -0.2) is 57.3 Å². The van der Waals surface area contributed by atoms with Crippen LogP contribution >= 0.6 is 0 Å². The van der Waals surface area contributed by atoms with E-state index in [0.29, 0.717) is 19.5 Å². The van der Waals surface area contributed by atoms with E-state index < -0.39 is 21.7 Å². The lowest BCUT2D eigenvalue weighted by Crippen LogP contribution is -2.41. The van der Waals surface area contributed by atoms with Crippen molar-refractivity contribution >= 4 is 39.0 Å². The number of sulfonamides is 1. The van der Waals surface area contributed by atoms with Crippen LogP contribution in [0, 0.1) is 0 Å². The number of carbonyl (C=O) groups excluding carboxylic acids is 1. The number of hydrogen-bond donors (Lipinski definition) is 2. The zero-order valence-electron chi connectivity index (χ0n) is 19.7. The lowest BCUT2D eigenvalue weighted by Gasteiger charge is -2.20. The molecule has 184 valence electrons. The third kappa shape index (κ3) is 5.38. The van der Waals surface area contributed by atoms with E-state index in [1.165, 1.54) is 4.57 Å². The van der Waals surface area contributed by atoms with Crippen molar-refractivity contribution in [2.45, 2.75) is 46.6 Å². The van der Waals surface area contributed by atoms with Crippen LogP contribution in [0.5, 0.6) is 0 Å². The summed E-state index contributed by atoms with van der Waals surface area (Å²) in [6.07, 6.45) is 2.08. The van der Waals surface area contributed by atoms with E-state index >= 15 is 0 Å².